The molecular weight excluding hydrogens is 356 g/mol. The molecule has 1 N–H and O–H groups in total. The molecule has 8 atom stereocenters. The molecule has 3 aliphatic rings. The van der Waals surface area contributed by atoms with Gasteiger partial charge in [-0.2, -0.15) is 0 Å². The van der Waals surface area contributed by atoms with Crippen LogP contribution in [0.15, 0.2) is 0 Å². The normalized spacial score (nSPS) is 50.2. The number of carbonyl (C=O) groups excluding carboxylic acids is 1. The van der Waals surface area contributed by atoms with Crippen LogP contribution in [0, 0.1) is 28.6 Å². The lowest BCUT2D eigenvalue weighted by Crippen LogP contribution is -2.63. The van der Waals surface area contributed by atoms with Gasteiger partial charge in [-0.15, -0.1) is 11.8 Å². The molecule has 0 amide bonds. The van der Waals surface area contributed by atoms with E-state index >= 15 is 0 Å². The zero-order valence-corrected chi connectivity index (χ0v) is 19.0. The van der Waals surface area contributed by atoms with Crippen LogP contribution in [0.25, 0.3) is 0 Å². The topological polar surface area (TPSA) is 46.5 Å². The van der Waals surface area contributed by atoms with E-state index in [9.17, 15) is 9.90 Å². The summed E-state index contributed by atoms with van der Waals surface area (Å²) in [4.78, 5) is 13.8. The van der Waals surface area contributed by atoms with Gasteiger partial charge in [-0.3, -0.25) is 4.79 Å². The first-order valence-corrected chi connectivity index (χ1v) is 12.0. The minimum atomic E-state index is -0.477. The van der Waals surface area contributed by atoms with Crippen molar-refractivity contribution in [3.8, 4) is 0 Å². The molecule has 0 spiro atoms. The van der Waals surface area contributed by atoms with Crippen LogP contribution in [0.3, 0.4) is 0 Å². The van der Waals surface area contributed by atoms with Crippen LogP contribution < -0.4 is 0 Å². The standard InChI is InChI=1S/C23H40O3S/c1-7-8-13-27-21(4)14-18(24)22(5)15(2)9-11-23(16(3)20(21)25)12-10-17(26-6)19(22)23/h15-19,24H,7-14H2,1-6H3/t15-,16+,17-,18-,19?,21-,22+,23?/m1/s1. The Hall–Kier alpha value is -0.0600. The summed E-state index contributed by atoms with van der Waals surface area (Å²) in [6.45, 7) is 11.1. The van der Waals surface area contributed by atoms with Crippen LogP contribution >= 0.6 is 11.8 Å². The highest BCUT2D eigenvalue weighted by molar-refractivity contribution is 8.01. The SMILES string of the molecule is CCCCS[C@]1(C)C[C@@H](O)[C@@]2(C)C3[C@H](OC)CCC3(CC[C@H]2C)[C@@H](C)C1=O. The number of ketones is 1. The zero-order chi connectivity index (χ0) is 20.0. The Balaban J connectivity index is 2.07. The van der Waals surface area contributed by atoms with Gasteiger partial charge in [0.05, 0.1) is 17.0 Å². The van der Waals surface area contributed by atoms with Crippen molar-refractivity contribution in [3.05, 3.63) is 0 Å². The smallest absolute Gasteiger partial charge is 0.152 e. The average molecular weight is 397 g/mol. The van der Waals surface area contributed by atoms with Gasteiger partial charge in [0.1, 0.15) is 0 Å². The minimum absolute atomic E-state index is 0.00695. The first kappa shape index (κ1) is 21.6. The molecule has 0 aromatic heterocycles. The third kappa shape index (κ3) is 3.13. The Kier molecular flexibility index (Phi) is 6.13. The molecule has 3 saturated carbocycles. The van der Waals surface area contributed by atoms with Gasteiger partial charge < -0.3 is 9.84 Å². The number of aliphatic hydroxyl groups excluding tert-OH is 1. The number of methoxy groups -OCH3 is 1. The van der Waals surface area contributed by atoms with E-state index in [1.54, 1.807) is 11.8 Å². The fourth-order valence-corrected chi connectivity index (χ4v) is 8.46. The molecule has 3 fully saturated rings. The van der Waals surface area contributed by atoms with E-state index in [0.717, 1.165) is 44.3 Å². The summed E-state index contributed by atoms with van der Waals surface area (Å²) in [5.74, 6) is 2.15. The summed E-state index contributed by atoms with van der Waals surface area (Å²) in [7, 11) is 1.82. The van der Waals surface area contributed by atoms with Gasteiger partial charge in [-0.1, -0.05) is 34.1 Å². The van der Waals surface area contributed by atoms with Crippen LogP contribution in [0.1, 0.15) is 79.6 Å². The number of rotatable bonds is 5. The maximum atomic E-state index is 13.8. The van der Waals surface area contributed by atoms with Crippen molar-refractivity contribution >= 4 is 17.5 Å². The summed E-state index contributed by atoms with van der Waals surface area (Å²) >= 11 is 1.80. The molecule has 0 aromatic rings. The highest BCUT2D eigenvalue weighted by Gasteiger charge is 2.67. The number of hydrogen-bond acceptors (Lipinski definition) is 4. The molecule has 3 rings (SSSR count). The molecule has 2 unspecified atom stereocenters. The Morgan fingerprint density at radius 1 is 1.22 bits per heavy atom. The monoisotopic (exact) mass is 396 g/mol. The molecule has 4 heteroatoms. The van der Waals surface area contributed by atoms with Gasteiger partial charge in [-0.05, 0) is 68.5 Å². The summed E-state index contributed by atoms with van der Waals surface area (Å²) in [6, 6.07) is 0. The van der Waals surface area contributed by atoms with Crippen molar-refractivity contribution in [1.82, 2.24) is 0 Å². The van der Waals surface area contributed by atoms with Gasteiger partial charge in [0.25, 0.3) is 0 Å². The first-order chi connectivity index (χ1) is 12.7. The van der Waals surface area contributed by atoms with E-state index in [0.29, 0.717) is 18.1 Å². The second-order valence-corrected chi connectivity index (χ2v) is 11.7. The van der Waals surface area contributed by atoms with Gasteiger partial charge in [0, 0.05) is 18.4 Å². The zero-order valence-electron chi connectivity index (χ0n) is 18.2. The second kappa shape index (κ2) is 7.65. The molecule has 3 aliphatic carbocycles. The lowest BCUT2D eigenvalue weighted by Gasteiger charge is -2.61. The predicted molar refractivity (Wildman–Crippen MR) is 113 cm³/mol. The highest BCUT2D eigenvalue weighted by Crippen LogP contribution is 2.68. The van der Waals surface area contributed by atoms with Crippen LogP contribution in [0.4, 0.5) is 0 Å². The second-order valence-electron chi connectivity index (χ2n) is 10.1. The highest BCUT2D eigenvalue weighted by atomic mass is 32.2. The van der Waals surface area contributed by atoms with Crippen molar-refractivity contribution in [2.45, 2.75) is 96.5 Å². The van der Waals surface area contributed by atoms with Gasteiger partial charge in [-0.25, -0.2) is 0 Å². The van der Waals surface area contributed by atoms with E-state index in [-0.39, 0.29) is 28.8 Å². The van der Waals surface area contributed by atoms with Crippen LogP contribution in [0.2, 0.25) is 0 Å². The van der Waals surface area contributed by atoms with E-state index < -0.39 is 10.9 Å². The third-order valence-corrected chi connectivity index (χ3v) is 10.5. The quantitative estimate of drug-likeness (QED) is 0.657. The molecule has 0 radical (unpaired) electrons. The number of hydrogen-bond donors (Lipinski definition) is 1. The average Bonchev–Trinajstić information content (AvgIpc) is 3.04. The van der Waals surface area contributed by atoms with Gasteiger partial charge >= 0.3 is 0 Å². The molecule has 0 saturated heterocycles. The molecule has 3 nitrogen and oxygen atoms in total. The molecule has 0 aliphatic heterocycles. The van der Waals surface area contributed by atoms with Crippen molar-refractivity contribution in [1.29, 1.82) is 0 Å². The molecular formula is C23H40O3S. The maximum Gasteiger partial charge on any atom is 0.152 e. The van der Waals surface area contributed by atoms with Gasteiger partial charge in [0.2, 0.25) is 0 Å². The fourth-order valence-electron chi connectivity index (χ4n) is 6.98. The molecule has 2 bridgehead atoms. The van der Waals surface area contributed by atoms with E-state index in [2.05, 4.69) is 34.6 Å². The number of ether oxygens (including phenoxy) is 1. The van der Waals surface area contributed by atoms with E-state index in [1.165, 1.54) is 0 Å². The first-order valence-electron chi connectivity index (χ1n) is 11.1. The Bertz CT molecular complexity index is 566. The lowest BCUT2D eigenvalue weighted by molar-refractivity contribution is -0.182. The van der Waals surface area contributed by atoms with E-state index in [4.69, 9.17) is 4.74 Å². The van der Waals surface area contributed by atoms with Crippen LogP contribution in [-0.4, -0.2) is 40.7 Å². The van der Waals surface area contributed by atoms with E-state index in [1.807, 2.05) is 7.11 Å². The van der Waals surface area contributed by atoms with Crippen molar-refractivity contribution in [2.24, 2.45) is 28.6 Å². The summed E-state index contributed by atoms with van der Waals surface area (Å²) in [6.07, 6.45) is 6.86. The van der Waals surface area contributed by atoms with Gasteiger partial charge in [0.15, 0.2) is 5.78 Å². The number of Topliss-reactive ketones (excluding diaryl/α,β-unsaturated/α-hetero) is 1. The predicted octanol–water partition coefficient (Wildman–Crippen LogP) is 5.10. The van der Waals surface area contributed by atoms with Crippen LogP contribution in [0.5, 0.6) is 0 Å². The van der Waals surface area contributed by atoms with Crippen molar-refractivity contribution in [2.75, 3.05) is 12.9 Å². The lowest BCUT2D eigenvalue weighted by atomic mass is 9.45. The Morgan fingerprint density at radius 3 is 2.52 bits per heavy atom. The number of aliphatic hydroxyl groups is 1. The third-order valence-electron chi connectivity index (χ3n) is 8.96. The Morgan fingerprint density at radius 2 is 1.89 bits per heavy atom. The van der Waals surface area contributed by atoms with Crippen LogP contribution in [-0.2, 0) is 9.53 Å². The molecule has 0 heterocycles. The fraction of sp³-hybridized carbons (Fsp3) is 0.957. The summed E-state index contributed by atoms with van der Waals surface area (Å²) < 4.78 is 5.48. The number of thioether (sulfide) groups is 1. The molecule has 156 valence electrons. The molecule has 27 heavy (non-hydrogen) atoms. The number of unbranched alkanes of at least 4 members (excludes halogenated alkanes) is 1. The minimum Gasteiger partial charge on any atom is -0.392 e. The summed E-state index contributed by atoms with van der Waals surface area (Å²) in [5.41, 5.74) is -0.191. The summed E-state index contributed by atoms with van der Waals surface area (Å²) in [5, 5.41) is 11.6. The van der Waals surface area contributed by atoms with Crippen molar-refractivity contribution < 1.29 is 14.6 Å². The Labute approximate surface area is 170 Å². The number of carbonyl (C=O) groups is 1. The maximum absolute atomic E-state index is 13.8. The largest absolute Gasteiger partial charge is 0.392 e. The van der Waals surface area contributed by atoms with Crippen molar-refractivity contribution in [3.63, 3.8) is 0 Å². The molecule has 0 aromatic carbocycles.